The number of phenolic OH excluding ortho intramolecular Hbond substituents is 1. The van der Waals surface area contributed by atoms with Crippen molar-refractivity contribution in [2.24, 2.45) is 12.5 Å². The molecule has 0 unspecified atom stereocenters. The van der Waals surface area contributed by atoms with E-state index in [1.165, 1.54) is 35.2 Å². The van der Waals surface area contributed by atoms with Crippen LogP contribution in [0.25, 0.3) is 12.2 Å². The lowest BCUT2D eigenvalue weighted by molar-refractivity contribution is -0.120. The number of aromatic hydroxyl groups is 1. The third kappa shape index (κ3) is 3.76. The number of hydrogen-bond donors (Lipinski definition) is 1. The van der Waals surface area contributed by atoms with Gasteiger partial charge in [-0.2, -0.15) is 0 Å². The van der Waals surface area contributed by atoms with Crippen molar-refractivity contribution >= 4 is 29.3 Å². The summed E-state index contributed by atoms with van der Waals surface area (Å²) in [5.74, 6) is 0.350. The van der Waals surface area contributed by atoms with Gasteiger partial charge in [-0.25, -0.2) is 0 Å². The third-order valence-corrected chi connectivity index (χ3v) is 4.67. The molecule has 0 aliphatic carbocycles. The van der Waals surface area contributed by atoms with Gasteiger partial charge in [0.05, 0.1) is 11.6 Å². The van der Waals surface area contributed by atoms with Gasteiger partial charge < -0.3 is 14.4 Å². The topological polar surface area (TPSA) is 68.5 Å². The summed E-state index contributed by atoms with van der Waals surface area (Å²) in [6.45, 7) is 5.52. The molecule has 0 atom stereocenters. The number of methoxy groups -OCH3 is 1. The minimum Gasteiger partial charge on any atom is -0.504 e. The lowest BCUT2D eigenvalue weighted by atomic mass is 9.91. The molecule has 1 aromatic carbocycles. The van der Waals surface area contributed by atoms with Gasteiger partial charge >= 0.3 is 0 Å². The smallest absolute Gasteiger partial charge is 0.268 e. The number of ether oxygens (including phenoxy) is 1. The van der Waals surface area contributed by atoms with Crippen molar-refractivity contribution in [1.82, 2.24) is 4.57 Å². The molecule has 0 bridgehead atoms. The minimum absolute atomic E-state index is 0.0304. The maximum atomic E-state index is 12.4. The predicted octanol–water partition coefficient (Wildman–Crippen LogP) is 1.39. The number of carbonyl (C=O) groups is 1. The molecule has 0 aliphatic rings. The maximum Gasteiger partial charge on any atom is 0.268 e. The van der Waals surface area contributed by atoms with Crippen LogP contribution in [0.3, 0.4) is 0 Å². The number of ketones is 1. The summed E-state index contributed by atoms with van der Waals surface area (Å²) >= 11 is 1.26. The number of aromatic nitrogens is 1. The molecule has 24 heavy (non-hydrogen) atoms. The van der Waals surface area contributed by atoms with Crippen LogP contribution in [0.15, 0.2) is 23.0 Å². The van der Waals surface area contributed by atoms with Gasteiger partial charge in [-0.15, -0.1) is 11.3 Å². The zero-order chi connectivity index (χ0) is 18.1. The SMILES string of the molecule is COc1cc(C=c2sc(=CC(=O)C(C)(C)C)n(C)c2=O)ccc1O. The van der Waals surface area contributed by atoms with Crippen LogP contribution in [-0.4, -0.2) is 22.6 Å². The van der Waals surface area contributed by atoms with Gasteiger partial charge in [0.15, 0.2) is 17.3 Å². The van der Waals surface area contributed by atoms with Crippen LogP contribution in [0, 0.1) is 5.41 Å². The molecule has 0 saturated heterocycles. The van der Waals surface area contributed by atoms with Crippen molar-refractivity contribution in [1.29, 1.82) is 0 Å². The molecule has 1 N–H and O–H groups in total. The molecule has 0 aliphatic heterocycles. The number of benzene rings is 1. The number of phenols is 1. The first-order valence-corrected chi connectivity index (χ1v) is 8.26. The molecule has 0 radical (unpaired) electrons. The number of rotatable bonds is 3. The Kier molecular flexibility index (Phi) is 4.99. The normalized spacial score (nSPS) is 13.4. The summed E-state index contributed by atoms with van der Waals surface area (Å²) in [7, 11) is 3.11. The molecule has 5 nitrogen and oxygen atoms in total. The van der Waals surface area contributed by atoms with E-state index in [-0.39, 0.29) is 17.1 Å². The Hall–Kier alpha value is -2.34. The summed E-state index contributed by atoms with van der Waals surface area (Å²) < 4.78 is 7.66. The summed E-state index contributed by atoms with van der Waals surface area (Å²) in [6, 6.07) is 4.86. The zero-order valence-electron chi connectivity index (χ0n) is 14.4. The van der Waals surface area contributed by atoms with Crippen molar-refractivity contribution in [3.05, 3.63) is 43.3 Å². The predicted molar refractivity (Wildman–Crippen MR) is 96.0 cm³/mol. The fourth-order valence-electron chi connectivity index (χ4n) is 1.97. The Morgan fingerprint density at radius 1 is 1.33 bits per heavy atom. The van der Waals surface area contributed by atoms with Gasteiger partial charge in [-0.05, 0) is 23.8 Å². The van der Waals surface area contributed by atoms with E-state index >= 15 is 0 Å². The van der Waals surface area contributed by atoms with Crippen LogP contribution in [-0.2, 0) is 11.8 Å². The maximum absolute atomic E-state index is 12.4. The monoisotopic (exact) mass is 347 g/mol. The molecular weight excluding hydrogens is 326 g/mol. The van der Waals surface area contributed by atoms with E-state index < -0.39 is 5.41 Å². The van der Waals surface area contributed by atoms with E-state index in [9.17, 15) is 14.7 Å². The molecule has 128 valence electrons. The van der Waals surface area contributed by atoms with Crippen LogP contribution in [0.5, 0.6) is 11.5 Å². The van der Waals surface area contributed by atoms with E-state index in [1.807, 2.05) is 20.8 Å². The average molecular weight is 347 g/mol. The van der Waals surface area contributed by atoms with Crippen molar-refractivity contribution in [2.75, 3.05) is 7.11 Å². The van der Waals surface area contributed by atoms with Crippen molar-refractivity contribution in [3.8, 4) is 11.5 Å². The summed E-state index contributed by atoms with van der Waals surface area (Å²) in [5, 5.41) is 9.63. The van der Waals surface area contributed by atoms with Crippen LogP contribution in [0.1, 0.15) is 26.3 Å². The van der Waals surface area contributed by atoms with Gasteiger partial charge in [-0.1, -0.05) is 26.8 Å². The van der Waals surface area contributed by atoms with E-state index in [0.717, 1.165) is 5.56 Å². The molecule has 2 aromatic rings. The Morgan fingerprint density at radius 2 is 2.00 bits per heavy atom. The van der Waals surface area contributed by atoms with E-state index in [1.54, 1.807) is 25.3 Å². The van der Waals surface area contributed by atoms with Gasteiger partial charge in [0.1, 0.15) is 4.66 Å². The molecular formula is C18H21NO4S. The highest BCUT2D eigenvalue weighted by molar-refractivity contribution is 7.07. The second-order valence-corrected chi connectivity index (χ2v) is 7.57. The van der Waals surface area contributed by atoms with Crippen LogP contribution < -0.4 is 19.5 Å². The molecule has 1 aromatic heterocycles. The van der Waals surface area contributed by atoms with Crippen molar-refractivity contribution < 1.29 is 14.6 Å². The van der Waals surface area contributed by atoms with Crippen molar-refractivity contribution in [2.45, 2.75) is 20.8 Å². The molecule has 2 rings (SSSR count). The Balaban J connectivity index is 2.58. The molecule has 0 fully saturated rings. The summed E-state index contributed by atoms with van der Waals surface area (Å²) in [6.07, 6.45) is 3.23. The first-order valence-electron chi connectivity index (χ1n) is 7.44. The number of Topliss-reactive ketones (excluding diaryl/α,β-unsaturated/α-hetero) is 1. The van der Waals surface area contributed by atoms with E-state index in [2.05, 4.69) is 0 Å². The van der Waals surface area contributed by atoms with Crippen LogP contribution in [0.4, 0.5) is 0 Å². The Morgan fingerprint density at radius 3 is 2.58 bits per heavy atom. The van der Waals surface area contributed by atoms with Crippen molar-refractivity contribution in [3.63, 3.8) is 0 Å². The van der Waals surface area contributed by atoms with E-state index in [0.29, 0.717) is 14.9 Å². The fourth-order valence-corrected chi connectivity index (χ4v) is 3.00. The molecule has 0 amide bonds. The molecule has 0 spiro atoms. The van der Waals surface area contributed by atoms with Gasteiger partial charge in [-0.3, -0.25) is 9.59 Å². The lowest BCUT2D eigenvalue weighted by Crippen LogP contribution is -2.30. The average Bonchev–Trinajstić information content (AvgIpc) is 2.76. The summed E-state index contributed by atoms with van der Waals surface area (Å²) in [4.78, 5) is 24.5. The summed E-state index contributed by atoms with van der Waals surface area (Å²) in [5.41, 5.74) is 0.0751. The first kappa shape index (κ1) is 18.0. The largest absolute Gasteiger partial charge is 0.504 e. The minimum atomic E-state index is -0.492. The quantitative estimate of drug-likeness (QED) is 0.911. The lowest BCUT2D eigenvalue weighted by Gasteiger charge is -2.12. The van der Waals surface area contributed by atoms with Gasteiger partial charge in [0.25, 0.3) is 5.56 Å². The second kappa shape index (κ2) is 6.65. The number of hydrogen-bond acceptors (Lipinski definition) is 5. The zero-order valence-corrected chi connectivity index (χ0v) is 15.2. The highest BCUT2D eigenvalue weighted by Crippen LogP contribution is 2.26. The highest BCUT2D eigenvalue weighted by Gasteiger charge is 2.19. The highest BCUT2D eigenvalue weighted by atomic mass is 32.1. The van der Waals surface area contributed by atoms with E-state index in [4.69, 9.17) is 4.74 Å². The Labute approximate surface area is 144 Å². The fraction of sp³-hybridized carbons (Fsp3) is 0.333. The Bertz CT molecular complexity index is 945. The van der Waals surface area contributed by atoms with Gasteiger partial charge in [0, 0.05) is 18.5 Å². The van der Waals surface area contributed by atoms with Gasteiger partial charge in [0.2, 0.25) is 0 Å². The number of carbonyl (C=O) groups excluding carboxylic acids is 1. The van der Waals surface area contributed by atoms with Crippen LogP contribution >= 0.6 is 11.3 Å². The standard InChI is InChI=1S/C18H21NO4S/c1-18(2,3)15(21)10-16-19(4)17(22)14(24-16)9-11-6-7-12(20)13(8-11)23-5/h6-10,20H,1-5H3. The molecule has 6 heteroatoms. The second-order valence-electron chi connectivity index (χ2n) is 6.50. The number of nitrogens with zero attached hydrogens (tertiary/aromatic N) is 1. The third-order valence-electron chi connectivity index (χ3n) is 3.56. The first-order chi connectivity index (χ1) is 11.1. The molecule has 0 saturated carbocycles. The number of thiazole rings is 1. The molecule has 1 heterocycles. The van der Waals surface area contributed by atoms with Crippen LogP contribution in [0.2, 0.25) is 0 Å².